The third-order valence-corrected chi connectivity index (χ3v) is 2.96. The molecular formula is C13H13N3O. The molecule has 0 amide bonds. The van der Waals surface area contributed by atoms with Crippen molar-refractivity contribution in [1.82, 2.24) is 9.97 Å². The lowest BCUT2D eigenvalue weighted by Gasteiger charge is -2.23. The second-order valence-corrected chi connectivity index (χ2v) is 4.11. The average molecular weight is 227 g/mol. The number of aromatic nitrogens is 2. The minimum absolute atomic E-state index is 0.0693. The van der Waals surface area contributed by atoms with E-state index in [4.69, 9.17) is 0 Å². The van der Waals surface area contributed by atoms with Crippen LogP contribution in [0.4, 0.5) is 5.95 Å². The van der Waals surface area contributed by atoms with Gasteiger partial charge >= 0.3 is 0 Å². The maximum atomic E-state index is 11.9. The van der Waals surface area contributed by atoms with E-state index in [-0.39, 0.29) is 5.56 Å². The second kappa shape index (κ2) is 4.05. The molecule has 0 bridgehead atoms. The number of nitrogens with one attached hydrogen (secondary N) is 1. The Balaban J connectivity index is 2.12. The minimum atomic E-state index is -0.0693. The van der Waals surface area contributed by atoms with Gasteiger partial charge in [-0.25, -0.2) is 4.98 Å². The number of nitrogens with zero attached hydrogens (tertiary/aromatic N) is 2. The lowest BCUT2D eigenvalue weighted by molar-refractivity contribution is 0.787. The third kappa shape index (κ3) is 1.82. The summed E-state index contributed by atoms with van der Waals surface area (Å²) in [6.45, 7) is 1.71. The molecule has 1 aromatic carbocycles. The van der Waals surface area contributed by atoms with Gasteiger partial charge in [-0.1, -0.05) is 24.3 Å². The molecule has 2 heterocycles. The molecule has 1 aliphatic heterocycles. The van der Waals surface area contributed by atoms with Crippen LogP contribution >= 0.6 is 0 Å². The van der Waals surface area contributed by atoms with Crippen molar-refractivity contribution in [3.8, 4) is 0 Å². The fraction of sp³-hybridized carbons (Fsp3) is 0.231. The van der Waals surface area contributed by atoms with Gasteiger partial charge in [0.2, 0.25) is 5.95 Å². The fourth-order valence-electron chi connectivity index (χ4n) is 2.06. The van der Waals surface area contributed by atoms with Crippen LogP contribution in [0.5, 0.6) is 0 Å². The van der Waals surface area contributed by atoms with Crippen LogP contribution in [0.15, 0.2) is 41.2 Å². The molecule has 4 heteroatoms. The second-order valence-electron chi connectivity index (χ2n) is 4.11. The van der Waals surface area contributed by atoms with Crippen LogP contribution in [0, 0.1) is 0 Å². The maximum absolute atomic E-state index is 11.9. The number of H-pyrrole nitrogens is 1. The Kier molecular flexibility index (Phi) is 2.40. The van der Waals surface area contributed by atoms with Gasteiger partial charge in [0, 0.05) is 13.1 Å². The van der Waals surface area contributed by atoms with E-state index in [1.807, 2.05) is 18.2 Å². The Labute approximate surface area is 98.6 Å². The molecule has 1 aliphatic rings. The first-order valence-electron chi connectivity index (χ1n) is 5.73. The summed E-state index contributed by atoms with van der Waals surface area (Å²) in [4.78, 5) is 21.3. The Hall–Kier alpha value is -2.10. The number of hydrogen-bond donors (Lipinski definition) is 1. The predicted molar refractivity (Wildman–Crippen MR) is 68.3 cm³/mol. The van der Waals surface area contributed by atoms with E-state index in [2.05, 4.69) is 27.0 Å². The molecule has 4 nitrogen and oxygen atoms in total. The molecule has 0 saturated carbocycles. The van der Waals surface area contributed by atoms with Crippen LogP contribution in [0.2, 0.25) is 0 Å². The van der Waals surface area contributed by atoms with Gasteiger partial charge in [-0.15, -0.1) is 0 Å². The monoisotopic (exact) mass is 227 g/mol. The van der Waals surface area contributed by atoms with Crippen molar-refractivity contribution < 1.29 is 0 Å². The van der Waals surface area contributed by atoms with Gasteiger partial charge < -0.3 is 4.90 Å². The highest BCUT2D eigenvalue weighted by Crippen LogP contribution is 2.13. The van der Waals surface area contributed by atoms with Crippen LogP contribution in [0.1, 0.15) is 6.42 Å². The van der Waals surface area contributed by atoms with Crippen molar-refractivity contribution in [2.45, 2.75) is 6.42 Å². The van der Waals surface area contributed by atoms with Gasteiger partial charge in [-0.3, -0.25) is 9.78 Å². The topological polar surface area (TPSA) is 49.0 Å². The quantitative estimate of drug-likeness (QED) is 0.754. The first kappa shape index (κ1) is 10.1. The Morgan fingerprint density at radius 1 is 1.24 bits per heavy atom. The van der Waals surface area contributed by atoms with Crippen LogP contribution in [-0.4, -0.2) is 23.1 Å². The van der Waals surface area contributed by atoms with Crippen LogP contribution in [0.3, 0.4) is 0 Å². The van der Waals surface area contributed by atoms with Crippen molar-refractivity contribution >= 4 is 16.9 Å². The molecule has 0 atom stereocenters. The summed E-state index contributed by atoms with van der Waals surface area (Å²) in [6.07, 6.45) is 5.24. The van der Waals surface area contributed by atoms with Crippen molar-refractivity contribution in [3.05, 3.63) is 46.8 Å². The van der Waals surface area contributed by atoms with E-state index in [9.17, 15) is 4.79 Å². The molecule has 1 N–H and O–H groups in total. The summed E-state index contributed by atoms with van der Waals surface area (Å²) in [5.74, 6) is 0.665. The summed E-state index contributed by atoms with van der Waals surface area (Å²) in [5.41, 5.74) is 0.681. The Morgan fingerprint density at radius 3 is 2.94 bits per heavy atom. The average Bonchev–Trinajstić information content (AvgIpc) is 2.40. The van der Waals surface area contributed by atoms with Crippen molar-refractivity contribution in [3.63, 3.8) is 0 Å². The van der Waals surface area contributed by atoms with E-state index >= 15 is 0 Å². The normalized spacial score (nSPS) is 15.4. The van der Waals surface area contributed by atoms with E-state index in [0.29, 0.717) is 11.3 Å². The number of aromatic amines is 1. The van der Waals surface area contributed by atoms with E-state index < -0.39 is 0 Å². The third-order valence-electron chi connectivity index (χ3n) is 2.96. The van der Waals surface area contributed by atoms with Crippen LogP contribution in [-0.2, 0) is 0 Å². The molecule has 0 aliphatic carbocycles. The standard InChI is InChI=1S/C13H13N3O/c17-12-10-6-2-3-7-11(10)14-13(15-12)16-8-4-1-5-9-16/h1-4,6-7H,5,8-9H2,(H,14,15,17). The van der Waals surface area contributed by atoms with Gasteiger partial charge in [0.1, 0.15) is 0 Å². The first-order chi connectivity index (χ1) is 8.34. The molecule has 1 aromatic heterocycles. The summed E-state index contributed by atoms with van der Waals surface area (Å²) < 4.78 is 0. The number of hydrogen-bond acceptors (Lipinski definition) is 3. The lowest BCUT2D eigenvalue weighted by Crippen LogP contribution is -2.30. The molecule has 17 heavy (non-hydrogen) atoms. The predicted octanol–water partition coefficient (Wildman–Crippen LogP) is 1.69. The van der Waals surface area contributed by atoms with Crippen molar-refractivity contribution in [2.24, 2.45) is 0 Å². The highest BCUT2D eigenvalue weighted by molar-refractivity contribution is 5.78. The maximum Gasteiger partial charge on any atom is 0.260 e. The molecule has 0 unspecified atom stereocenters. The summed E-state index contributed by atoms with van der Waals surface area (Å²) in [5, 5.41) is 0.642. The SMILES string of the molecule is O=c1[nH]c(N2CC=CCC2)nc2ccccc12. The summed E-state index contributed by atoms with van der Waals surface area (Å²) in [6, 6.07) is 7.41. The number of fused-ring (bicyclic) bond motifs is 1. The first-order valence-corrected chi connectivity index (χ1v) is 5.73. The zero-order valence-corrected chi connectivity index (χ0v) is 9.39. The van der Waals surface area contributed by atoms with Crippen molar-refractivity contribution in [2.75, 3.05) is 18.0 Å². The highest BCUT2D eigenvalue weighted by atomic mass is 16.1. The van der Waals surface area contributed by atoms with Gasteiger partial charge in [0.05, 0.1) is 10.9 Å². The largest absolute Gasteiger partial charge is 0.338 e. The molecular weight excluding hydrogens is 214 g/mol. The molecule has 3 rings (SSSR count). The summed E-state index contributed by atoms with van der Waals surface area (Å²) in [7, 11) is 0. The zero-order valence-electron chi connectivity index (χ0n) is 9.39. The molecule has 0 fully saturated rings. The van der Waals surface area contributed by atoms with E-state index in [1.54, 1.807) is 6.07 Å². The van der Waals surface area contributed by atoms with Gasteiger partial charge in [-0.05, 0) is 18.6 Å². The number of para-hydroxylation sites is 1. The van der Waals surface area contributed by atoms with Crippen LogP contribution in [0.25, 0.3) is 10.9 Å². The van der Waals surface area contributed by atoms with E-state index in [0.717, 1.165) is 25.0 Å². The molecule has 0 radical (unpaired) electrons. The smallest absolute Gasteiger partial charge is 0.260 e. The van der Waals surface area contributed by atoms with Crippen molar-refractivity contribution in [1.29, 1.82) is 0 Å². The van der Waals surface area contributed by atoms with Gasteiger partial charge in [-0.2, -0.15) is 0 Å². The minimum Gasteiger partial charge on any atom is -0.338 e. The molecule has 86 valence electrons. The van der Waals surface area contributed by atoms with Crippen LogP contribution < -0.4 is 10.5 Å². The fourth-order valence-corrected chi connectivity index (χ4v) is 2.06. The number of rotatable bonds is 1. The summed E-state index contributed by atoms with van der Waals surface area (Å²) >= 11 is 0. The number of anilines is 1. The van der Waals surface area contributed by atoms with E-state index in [1.165, 1.54) is 0 Å². The zero-order chi connectivity index (χ0) is 11.7. The highest BCUT2D eigenvalue weighted by Gasteiger charge is 2.11. The Bertz CT molecular complexity index is 630. The molecule has 2 aromatic rings. The Morgan fingerprint density at radius 2 is 2.12 bits per heavy atom. The lowest BCUT2D eigenvalue weighted by atomic mass is 10.2. The van der Waals surface area contributed by atoms with Gasteiger partial charge in [0.25, 0.3) is 5.56 Å². The van der Waals surface area contributed by atoms with Gasteiger partial charge in [0.15, 0.2) is 0 Å². The number of benzene rings is 1. The molecule has 0 saturated heterocycles. The molecule has 0 spiro atoms.